The molecule has 0 bridgehead atoms. The van der Waals surface area contributed by atoms with Crippen molar-refractivity contribution < 1.29 is 27.8 Å². The average molecular weight is 587 g/mol. The van der Waals surface area contributed by atoms with Gasteiger partial charge in [-0.15, -0.1) is 12.4 Å². The van der Waals surface area contributed by atoms with Gasteiger partial charge in [-0.2, -0.15) is 23.3 Å². The van der Waals surface area contributed by atoms with Gasteiger partial charge in [0.2, 0.25) is 17.9 Å². The van der Waals surface area contributed by atoms with E-state index >= 15 is 0 Å². The molecule has 0 aliphatic heterocycles. The van der Waals surface area contributed by atoms with Gasteiger partial charge in [0.05, 0.1) is 17.1 Å². The summed E-state index contributed by atoms with van der Waals surface area (Å²) in [6, 6.07) is 5.99. The van der Waals surface area contributed by atoms with Crippen molar-refractivity contribution in [2.45, 2.75) is 50.9 Å². The van der Waals surface area contributed by atoms with Gasteiger partial charge >= 0.3 is 12.1 Å². The minimum Gasteiger partial charge on any atom is -0.480 e. The van der Waals surface area contributed by atoms with Crippen molar-refractivity contribution in [2.24, 2.45) is 11.7 Å². The zero-order valence-electron chi connectivity index (χ0n) is 20.7. The maximum absolute atomic E-state index is 14.3. The lowest BCUT2D eigenvalue weighted by Gasteiger charge is -2.25. The highest BCUT2D eigenvalue weighted by molar-refractivity contribution is 6.30. The number of halogens is 5. The third kappa shape index (κ3) is 7.40. The molecule has 9 nitrogen and oxygen atoms in total. The molecule has 1 aliphatic carbocycles. The number of nitrogens with two attached hydrogens (primary N) is 2. The zero-order chi connectivity index (χ0) is 27.6. The topological polar surface area (TPSA) is 142 Å². The Morgan fingerprint density at radius 1 is 1.28 bits per heavy atom. The van der Waals surface area contributed by atoms with Gasteiger partial charge in [-0.25, -0.2) is 9.67 Å². The van der Waals surface area contributed by atoms with Gasteiger partial charge in [0.15, 0.2) is 0 Å². The zero-order valence-corrected chi connectivity index (χ0v) is 22.3. The second kappa shape index (κ2) is 12.2. The normalized spacial score (nSPS) is 17.1. The first-order valence-electron chi connectivity index (χ1n) is 11.8. The SMILES string of the molecule is Cc1ccn(-c2cc(Cl)ccc2[C@@H](Oc2cc(C3=CC[C@@H](C[C@H](N)C(=O)O)CC3)nc(N)n2)C(F)(F)F)n1.Cl. The summed E-state index contributed by atoms with van der Waals surface area (Å²) >= 11 is 6.09. The Morgan fingerprint density at radius 2 is 2.03 bits per heavy atom. The molecule has 5 N–H and O–H groups in total. The van der Waals surface area contributed by atoms with E-state index in [4.69, 9.17) is 32.9 Å². The molecular formula is C25H27Cl2F3N6O3. The highest BCUT2D eigenvalue weighted by atomic mass is 35.5. The molecule has 0 unspecified atom stereocenters. The van der Waals surface area contributed by atoms with E-state index in [1.54, 1.807) is 13.0 Å². The summed E-state index contributed by atoms with van der Waals surface area (Å²) in [6.07, 6.45) is -1.76. The average Bonchev–Trinajstić information content (AvgIpc) is 3.28. The number of anilines is 1. The number of hydrogen-bond acceptors (Lipinski definition) is 7. The van der Waals surface area contributed by atoms with Crippen molar-refractivity contribution in [1.82, 2.24) is 19.7 Å². The van der Waals surface area contributed by atoms with E-state index in [2.05, 4.69) is 15.1 Å². The Labute approximate surface area is 233 Å². The van der Waals surface area contributed by atoms with Crippen molar-refractivity contribution >= 4 is 41.5 Å². The lowest BCUT2D eigenvalue weighted by Crippen LogP contribution is -2.32. The molecule has 3 aromatic rings. The number of benzene rings is 1. The molecule has 14 heteroatoms. The number of aromatic nitrogens is 4. The Kier molecular flexibility index (Phi) is 9.47. The maximum atomic E-state index is 14.3. The number of hydrogen-bond donors (Lipinski definition) is 3. The second-order valence-electron chi connectivity index (χ2n) is 9.14. The van der Waals surface area contributed by atoms with Gasteiger partial charge in [0.25, 0.3) is 0 Å². The first-order chi connectivity index (χ1) is 17.9. The molecule has 2 heterocycles. The number of ether oxygens (including phenoxy) is 1. The van der Waals surface area contributed by atoms with Crippen LogP contribution in [0.1, 0.15) is 48.7 Å². The van der Waals surface area contributed by atoms with Gasteiger partial charge in [-0.3, -0.25) is 4.79 Å². The molecule has 1 aromatic carbocycles. The molecule has 0 amide bonds. The van der Waals surface area contributed by atoms with Gasteiger partial charge in [0, 0.05) is 22.8 Å². The van der Waals surface area contributed by atoms with Crippen LogP contribution in [0.25, 0.3) is 11.3 Å². The van der Waals surface area contributed by atoms with Crippen LogP contribution < -0.4 is 16.2 Å². The molecule has 39 heavy (non-hydrogen) atoms. The second-order valence-corrected chi connectivity index (χ2v) is 9.58. The number of nitrogens with zero attached hydrogens (tertiary/aromatic N) is 4. The van der Waals surface area contributed by atoms with Crippen LogP contribution in [0.5, 0.6) is 5.88 Å². The quantitative estimate of drug-likeness (QED) is 0.323. The number of allylic oxidation sites excluding steroid dienone is 2. The van der Waals surface area contributed by atoms with Crippen LogP contribution in [0.3, 0.4) is 0 Å². The maximum Gasteiger partial charge on any atom is 0.429 e. The number of nitrogen functional groups attached to an aromatic ring is 1. The first kappa shape index (κ1) is 30.2. The van der Waals surface area contributed by atoms with E-state index in [-0.39, 0.29) is 46.4 Å². The van der Waals surface area contributed by atoms with Crippen LogP contribution in [0.15, 0.2) is 42.6 Å². The van der Waals surface area contributed by atoms with Crippen LogP contribution >= 0.6 is 24.0 Å². The fourth-order valence-electron chi connectivity index (χ4n) is 4.38. The van der Waals surface area contributed by atoms with Gasteiger partial charge in [0.1, 0.15) is 6.04 Å². The largest absolute Gasteiger partial charge is 0.480 e. The highest BCUT2D eigenvalue weighted by Gasteiger charge is 2.45. The highest BCUT2D eigenvalue weighted by Crippen LogP contribution is 2.40. The molecule has 4 rings (SSSR count). The summed E-state index contributed by atoms with van der Waals surface area (Å²) in [5.74, 6) is -1.57. The predicted molar refractivity (Wildman–Crippen MR) is 142 cm³/mol. The number of aryl methyl sites for hydroxylation is 1. The molecular weight excluding hydrogens is 560 g/mol. The fourth-order valence-corrected chi connectivity index (χ4v) is 4.54. The smallest absolute Gasteiger partial charge is 0.429 e. The number of carboxylic acid groups (broad SMARTS) is 1. The van der Waals surface area contributed by atoms with Gasteiger partial charge in [-0.05, 0) is 62.3 Å². The lowest BCUT2D eigenvalue weighted by molar-refractivity contribution is -0.198. The summed E-state index contributed by atoms with van der Waals surface area (Å²) in [4.78, 5) is 19.1. The van der Waals surface area contributed by atoms with Crippen LogP contribution in [0.4, 0.5) is 19.1 Å². The number of aliphatic carboxylic acids is 1. The summed E-state index contributed by atoms with van der Waals surface area (Å²) in [5, 5.41) is 13.5. The molecule has 210 valence electrons. The third-order valence-corrected chi connectivity index (χ3v) is 6.49. The van der Waals surface area contributed by atoms with E-state index in [1.807, 2.05) is 6.08 Å². The summed E-state index contributed by atoms with van der Waals surface area (Å²) in [6.45, 7) is 1.71. The van der Waals surface area contributed by atoms with Crippen molar-refractivity contribution in [3.63, 3.8) is 0 Å². The van der Waals surface area contributed by atoms with Crippen LogP contribution in [-0.2, 0) is 4.79 Å². The van der Waals surface area contributed by atoms with E-state index in [0.717, 1.165) is 5.57 Å². The molecule has 1 aliphatic rings. The molecule has 0 spiro atoms. The molecule has 3 atom stereocenters. The Hall–Kier alpha value is -3.35. The van der Waals surface area contributed by atoms with Gasteiger partial charge in [-0.1, -0.05) is 23.7 Å². The van der Waals surface area contributed by atoms with Crippen molar-refractivity contribution in [3.8, 4) is 11.6 Å². The summed E-state index contributed by atoms with van der Waals surface area (Å²) < 4.78 is 49.7. The monoisotopic (exact) mass is 586 g/mol. The van der Waals surface area contributed by atoms with Crippen molar-refractivity contribution in [2.75, 3.05) is 5.73 Å². The number of rotatable bonds is 8. The fraction of sp³-hybridized carbons (Fsp3) is 0.360. The summed E-state index contributed by atoms with van der Waals surface area (Å²) in [7, 11) is 0. The van der Waals surface area contributed by atoms with Crippen LogP contribution in [0.2, 0.25) is 5.02 Å². The summed E-state index contributed by atoms with van der Waals surface area (Å²) in [5.41, 5.74) is 13.1. The molecule has 0 saturated heterocycles. The number of alkyl halides is 3. The van der Waals surface area contributed by atoms with Crippen LogP contribution in [-0.4, -0.2) is 43.0 Å². The molecule has 2 aromatic heterocycles. The third-order valence-electron chi connectivity index (χ3n) is 6.25. The minimum atomic E-state index is -4.81. The van der Waals surface area contributed by atoms with Gasteiger partial charge < -0.3 is 21.3 Å². The number of carboxylic acids is 1. The first-order valence-corrected chi connectivity index (χ1v) is 12.2. The molecule has 0 fully saturated rings. The molecule has 0 saturated carbocycles. The van der Waals surface area contributed by atoms with Crippen molar-refractivity contribution in [1.29, 1.82) is 0 Å². The predicted octanol–water partition coefficient (Wildman–Crippen LogP) is 5.30. The van der Waals surface area contributed by atoms with E-state index in [9.17, 15) is 18.0 Å². The standard InChI is InChI=1S/C25H26ClF3N6O3.ClH/c1-13-8-9-35(34-13)20-11-16(26)6-7-17(20)22(25(27,28)29)38-21-12-19(32-24(31)33-21)15-4-2-14(3-5-15)10-18(30)23(36)37;/h4,6-9,11-12,14,18,22H,2-3,5,10,30H2,1H3,(H,36,37)(H2,31,32,33);1H/t14-,18+,22-;/m1./s1. The lowest BCUT2D eigenvalue weighted by atomic mass is 9.84. The molecule has 0 radical (unpaired) electrons. The van der Waals surface area contributed by atoms with Crippen LogP contribution in [0, 0.1) is 12.8 Å². The minimum absolute atomic E-state index is 0. The van der Waals surface area contributed by atoms with E-state index in [1.165, 1.54) is 35.1 Å². The van der Waals surface area contributed by atoms with E-state index in [0.29, 0.717) is 37.1 Å². The van der Waals surface area contributed by atoms with Crippen molar-refractivity contribution in [3.05, 3.63) is 64.6 Å². The Balaban J connectivity index is 0.00000420. The Morgan fingerprint density at radius 3 is 2.62 bits per heavy atom. The van der Waals surface area contributed by atoms with E-state index < -0.39 is 24.3 Å². The Bertz CT molecular complexity index is 1370. The number of carbonyl (C=O) groups is 1.